The number of nitrogens with zero attached hydrogens (tertiary/aromatic N) is 2. The molecular weight excluding hydrogens is 264 g/mol. The third kappa shape index (κ3) is 2.84. The van der Waals surface area contributed by atoms with Gasteiger partial charge in [-0.25, -0.2) is 8.42 Å². The molecule has 1 fully saturated rings. The SMILES string of the molecule is O=S(=O)(CC1CCCCC1)N1CCc2oncc2C1. The van der Waals surface area contributed by atoms with Gasteiger partial charge in [-0.1, -0.05) is 24.4 Å². The zero-order valence-corrected chi connectivity index (χ0v) is 11.9. The van der Waals surface area contributed by atoms with E-state index in [1.165, 1.54) is 19.3 Å². The fourth-order valence-electron chi connectivity index (χ4n) is 3.11. The van der Waals surface area contributed by atoms with Crippen molar-refractivity contribution < 1.29 is 12.9 Å². The van der Waals surface area contributed by atoms with Crippen LogP contribution >= 0.6 is 0 Å². The van der Waals surface area contributed by atoms with Crippen molar-refractivity contribution in [2.45, 2.75) is 45.1 Å². The Balaban J connectivity index is 1.67. The second kappa shape index (κ2) is 5.25. The molecule has 6 heteroatoms. The molecule has 0 aromatic carbocycles. The van der Waals surface area contributed by atoms with Gasteiger partial charge in [-0.3, -0.25) is 0 Å². The first kappa shape index (κ1) is 13.1. The molecule has 5 nitrogen and oxygen atoms in total. The summed E-state index contributed by atoms with van der Waals surface area (Å²) in [6.07, 6.45) is 8.00. The van der Waals surface area contributed by atoms with Gasteiger partial charge < -0.3 is 4.52 Å². The Hall–Kier alpha value is -0.880. The number of rotatable bonds is 3. The standard InChI is InChI=1S/C13H20N2O3S/c16-19(17,10-11-4-2-1-3-5-11)15-7-6-13-12(9-15)8-14-18-13/h8,11H,1-7,9-10H2. The number of fused-ring (bicyclic) bond motifs is 1. The van der Waals surface area contributed by atoms with Crippen molar-refractivity contribution in [2.75, 3.05) is 12.3 Å². The van der Waals surface area contributed by atoms with Crippen LogP contribution in [0.25, 0.3) is 0 Å². The average molecular weight is 284 g/mol. The molecular formula is C13H20N2O3S. The maximum Gasteiger partial charge on any atom is 0.214 e. The van der Waals surface area contributed by atoms with Crippen molar-refractivity contribution in [2.24, 2.45) is 5.92 Å². The monoisotopic (exact) mass is 284 g/mol. The topological polar surface area (TPSA) is 63.4 Å². The maximum atomic E-state index is 12.5. The van der Waals surface area contributed by atoms with E-state index in [0.717, 1.165) is 24.2 Å². The molecule has 0 spiro atoms. The van der Waals surface area contributed by atoms with Crippen molar-refractivity contribution in [3.8, 4) is 0 Å². The lowest BCUT2D eigenvalue weighted by Gasteiger charge is -2.28. The van der Waals surface area contributed by atoms with E-state index in [0.29, 0.717) is 31.2 Å². The summed E-state index contributed by atoms with van der Waals surface area (Å²) in [7, 11) is -3.14. The van der Waals surface area contributed by atoms with E-state index in [4.69, 9.17) is 4.52 Å². The second-order valence-electron chi connectivity index (χ2n) is 5.64. The molecule has 0 unspecified atom stereocenters. The Labute approximate surface area is 114 Å². The number of hydrogen-bond acceptors (Lipinski definition) is 4. The molecule has 1 aliphatic carbocycles. The molecule has 19 heavy (non-hydrogen) atoms. The van der Waals surface area contributed by atoms with E-state index in [1.54, 1.807) is 10.5 Å². The van der Waals surface area contributed by atoms with Crippen LogP contribution in [0.5, 0.6) is 0 Å². The minimum Gasteiger partial charge on any atom is -0.361 e. The molecule has 0 saturated heterocycles. The van der Waals surface area contributed by atoms with Crippen LogP contribution in [0.2, 0.25) is 0 Å². The van der Waals surface area contributed by atoms with Crippen molar-refractivity contribution in [3.05, 3.63) is 17.5 Å². The van der Waals surface area contributed by atoms with E-state index in [2.05, 4.69) is 5.16 Å². The molecule has 0 radical (unpaired) electrons. The molecule has 0 amide bonds. The Morgan fingerprint density at radius 2 is 2.11 bits per heavy atom. The van der Waals surface area contributed by atoms with E-state index >= 15 is 0 Å². The van der Waals surface area contributed by atoms with Gasteiger partial charge in [0.05, 0.1) is 11.9 Å². The summed E-state index contributed by atoms with van der Waals surface area (Å²) in [5.41, 5.74) is 0.915. The highest BCUT2D eigenvalue weighted by Crippen LogP contribution is 2.27. The highest BCUT2D eigenvalue weighted by Gasteiger charge is 2.31. The summed E-state index contributed by atoms with van der Waals surface area (Å²) in [5.74, 6) is 1.50. The third-order valence-corrected chi connectivity index (χ3v) is 6.22. The van der Waals surface area contributed by atoms with Crippen LogP contribution in [0.3, 0.4) is 0 Å². The van der Waals surface area contributed by atoms with Crippen molar-refractivity contribution >= 4 is 10.0 Å². The fraction of sp³-hybridized carbons (Fsp3) is 0.769. The summed E-state index contributed by atoms with van der Waals surface area (Å²) in [4.78, 5) is 0. The first-order valence-electron chi connectivity index (χ1n) is 7.05. The Kier molecular flexibility index (Phi) is 3.62. The van der Waals surface area contributed by atoms with Crippen LogP contribution in [0.15, 0.2) is 10.7 Å². The van der Waals surface area contributed by atoms with Gasteiger partial charge in [-0.15, -0.1) is 0 Å². The van der Waals surface area contributed by atoms with Crippen LogP contribution in [0.4, 0.5) is 0 Å². The van der Waals surface area contributed by atoms with Gasteiger partial charge >= 0.3 is 0 Å². The van der Waals surface area contributed by atoms with Gasteiger partial charge in [0.2, 0.25) is 10.0 Å². The van der Waals surface area contributed by atoms with Crippen LogP contribution < -0.4 is 0 Å². The van der Waals surface area contributed by atoms with Crippen molar-refractivity contribution in [1.82, 2.24) is 9.46 Å². The summed E-state index contributed by atoms with van der Waals surface area (Å²) in [5, 5.41) is 3.74. The lowest BCUT2D eigenvalue weighted by molar-refractivity contribution is 0.324. The van der Waals surface area contributed by atoms with Crippen molar-refractivity contribution in [1.29, 1.82) is 0 Å². The molecule has 0 N–H and O–H groups in total. The van der Waals surface area contributed by atoms with Gasteiger partial charge in [0, 0.05) is 25.1 Å². The first-order valence-corrected chi connectivity index (χ1v) is 8.66. The van der Waals surface area contributed by atoms with Gasteiger partial charge in [0.1, 0.15) is 5.76 Å². The number of aromatic nitrogens is 1. The predicted octanol–water partition coefficient (Wildman–Crippen LogP) is 1.94. The van der Waals surface area contributed by atoms with Crippen LogP contribution in [-0.4, -0.2) is 30.2 Å². The molecule has 1 aromatic heterocycles. The first-order chi connectivity index (χ1) is 9.15. The molecule has 1 aromatic rings. The largest absolute Gasteiger partial charge is 0.361 e. The summed E-state index contributed by atoms with van der Waals surface area (Å²) >= 11 is 0. The molecule has 2 heterocycles. The highest BCUT2D eigenvalue weighted by atomic mass is 32.2. The Morgan fingerprint density at radius 1 is 1.32 bits per heavy atom. The van der Waals surface area contributed by atoms with E-state index in [-0.39, 0.29) is 0 Å². The molecule has 1 saturated carbocycles. The zero-order valence-electron chi connectivity index (χ0n) is 11.0. The lowest BCUT2D eigenvalue weighted by atomic mass is 9.91. The van der Waals surface area contributed by atoms with Crippen LogP contribution in [0, 0.1) is 5.92 Å². The second-order valence-corrected chi connectivity index (χ2v) is 7.65. The van der Waals surface area contributed by atoms with E-state index in [9.17, 15) is 8.42 Å². The van der Waals surface area contributed by atoms with Crippen LogP contribution in [-0.2, 0) is 23.0 Å². The Morgan fingerprint density at radius 3 is 2.89 bits per heavy atom. The molecule has 1 aliphatic heterocycles. The minimum absolute atomic E-state index is 0.313. The minimum atomic E-state index is -3.14. The molecule has 106 valence electrons. The van der Waals surface area contributed by atoms with Crippen LogP contribution in [0.1, 0.15) is 43.4 Å². The molecule has 2 aliphatic rings. The summed E-state index contributed by atoms with van der Waals surface area (Å²) in [6.45, 7) is 0.950. The summed E-state index contributed by atoms with van der Waals surface area (Å²) in [6, 6.07) is 0. The smallest absolute Gasteiger partial charge is 0.214 e. The highest BCUT2D eigenvalue weighted by molar-refractivity contribution is 7.89. The lowest BCUT2D eigenvalue weighted by Crippen LogP contribution is -2.38. The van der Waals surface area contributed by atoms with Gasteiger partial charge in [-0.2, -0.15) is 4.31 Å². The normalized spacial score (nSPS) is 22.3. The fourth-order valence-corrected chi connectivity index (χ4v) is 4.95. The molecule has 0 bridgehead atoms. The third-order valence-electron chi connectivity index (χ3n) is 4.23. The molecule has 0 atom stereocenters. The van der Waals surface area contributed by atoms with Gasteiger partial charge in [-0.05, 0) is 18.8 Å². The summed E-state index contributed by atoms with van der Waals surface area (Å²) < 4.78 is 31.6. The predicted molar refractivity (Wildman–Crippen MR) is 71.0 cm³/mol. The number of sulfonamides is 1. The Bertz CT molecular complexity index is 532. The average Bonchev–Trinajstić information content (AvgIpc) is 2.86. The van der Waals surface area contributed by atoms with Crippen molar-refractivity contribution in [3.63, 3.8) is 0 Å². The van der Waals surface area contributed by atoms with Gasteiger partial charge in [0.15, 0.2) is 0 Å². The van der Waals surface area contributed by atoms with E-state index in [1.807, 2.05) is 0 Å². The van der Waals surface area contributed by atoms with E-state index < -0.39 is 10.0 Å². The maximum absolute atomic E-state index is 12.5. The van der Waals surface area contributed by atoms with Gasteiger partial charge in [0.25, 0.3) is 0 Å². The number of hydrogen-bond donors (Lipinski definition) is 0. The zero-order chi connectivity index (χ0) is 13.3. The quantitative estimate of drug-likeness (QED) is 0.851. The molecule has 3 rings (SSSR count).